The number of aromatic nitrogens is 3. The van der Waals surface area contributed by atoms with Gasteiger partial charge < -0.3 is 16.0 Å². The Hall–Kier alpha value is -2.22. The third-order valence-electron chi connectivity index (χ3n) is 2.79. The van der Waals surface area contributed by atoms with Gasteiger partial charge in [0.15, 0.2) is 5.13 Å². The third kappa shape index (κ3) is 3.88. The van der Waals surface area contributed by atoms with E-state index in [1.54, 1.807) is 18.3 Å². The minimum Gasteiger partial charge on any atom is -0.382 e. The van der Waals surface area contributed by atoms with Crippen molar-refractivity contribution in [2.24, 2.45) is 0 Å². The summed E-state index contributed by atoms with van der Waals surface area (Å²) in [6.45, 7) is 3.26. The largest absolute Gasteiger partial charge is 0.382 e. The molecule has 7 nitrogen and oxygen atoms in total. The highest BCUT2D eigenvalue weighted by Crippen LogP contribution is 2.27. The van der Waals surface area contributed by atoms with Gasteiger partial charge in [-0.15, -0.1) is 0 Å². The normalized spacial score (nSPS) is 10.4. The van der Waals surface area contributed by atoms with E-state index in [-0.39, 0.29) is 11.7 Å². The Morgan fingerprint density at radius 1 is 1.52 bits per heavy atom. The molecule has 0 atom stereocenters. The van der Waals surface area contributed by atoms with E-state index in [4.69, 9.17) is 5.73 Å². The molecule has 0 saturated heterocycles. The first-order valence-electron chi connectivity index (χ1n) is 6.64. The van der Waals surface area contributed by atoms with E-state index in [0.717, 1.165) is 18.1 Å². The number of nitrogens with two attached hydrogens (primary N) is 1. The van der Waals surface area contributed by atoms with Crippen molar-refractivity contribution in [1.29, 1.82) is 0 Å². The van der Waals surface area contributed by atoms with E-state index in [1.807, 2.05) is 11.9 Å². The maximum absolute atomic E-state index is 12.1. The summed E-state index contributed by atoms with van der Waals surface area (Å²) in [5.74, 6) is 0.0152. The monoisotopic (exact) mass is 306 g/mol. The van der Waals surface area contributed by atoms with Gasteiger partial charge in [-0.2, -0.15) is 10.2 Å². The average Bonchev–Trinajstić information content (AvgIpc) is 2.88. The van der Waals surface area contributed by atoms with Crippen LogP contribution in [0.1, 0.15) is 28.7 Å². The molecule has 0 bridgehead atoms. The Bertz CT molecular complexity index is 600. The van der Waals surface area contributed by atoms with Crippen LogP contribution in [0.2, 0.25) is 0 Å². The van der Waals surface area contributed by atoms with Crippen LogP contribution in [0, 0.1) is 0 Å². The second-order valence-corrected chi connectivity index (χ2v) is 5.51. The number of anilines is 2. The average molecular weight is 306 g/mol. The summed E-state index contributed by atoms with van der Waals surface area (Å²) < 4.78 is 0. The molecule has 0 aromatic carbocycles. The minimum atomic E-state index is -0.244. The van der Waals surface area contributed by atoms with Gasteiger partial charge in [-0.1, -0.05) is 18.3 Å². The first-order chi connectivity index (χ1) is 10.1. The summed E-state index contributed by atoms with van der Waals surface area (Å²) in [4.78, 5) is 18.8. The topological polar surface area (TPSA) is 97.0 Å². The number of amides is 1. The Morgan fingerprint density at radius 3 is 3.00 bits per heavy atom. The second-order valence-electron chi connectivity index (χ2n) is 4.53. The third-order valence-corrected chi connectivity index (χ3v) is 3.98. The summed E-state index contributed by atoms with van der Waals surface area (Å²) in [6.07, 6.45) is 2.59. The van der Waals surface area contributed by atoms with Crippen LogP contribution in [0.5, 0.6) is 0 Å². The van der Waals surface area contributed by atoms with E-state index in [9.17, 15) is 4.79 Å². The van der Waals surface area contributed by atoms with Crippen molar-refractivity contribution in [3.63, 3.8) is 0 Å². The highest BCUT2D eigenvalue weighted by atomic mass is 32.1. The van der Waals surface area contributed by atoms with Gasteiger partial charge in [0.1, 0.15) is 10.7 Å². The molecule has 0 spiro atoms. The van der Waals surface area contributed by atoms with Crippen LogP contribution in [-0.4, -0.2) is 34.7 Å². The second kappa shape index (κ2) is 6.98. The van der Waals surface area contributed by atoms with Gasteiger partial charge in [-0.25, -0.2) is 4.98 Å². The lowest BCUT2D eigenvalue weighted by atomic mass is 10.3. The smallest absolute Gasteiger partial charge is 0.265 e. The highest BCUT2D eigenvalue weighted by Gasteiger charge is 2.17. The quantitative estimate of drug-likeness (QED) is 0.834. The predicted octanol–water partition coefficient (Wildman–Crippen LogP) is 1.29. The van der Waals surface area contributed by atoms with Crippen molar-refractivity contribution < 1.29 is 4.79 Å². The van der Waals surface area contributed by atoms with Crippen molar-refractivity contribution >= 4 is 28.2 Å². The predicted molar refractivity (Wildman–Crippen MR) is 83.3 cm³/mol. The van der Waals surface area contributed by atoms with Crippen molar-refractivity contribution in [2.75, 3.05) is 24.2 Å². The van der Waals surface area contributed by atoms with Crippen molar-refractivity contribution in [3.8, 4) is 0 Å². The van der Waals surface area contributed by atoms with Crippen molar-refractivity contribution in [3.05, 3.63) is 28.9 Å². The van der Waals surface area contributed by atoms with E-state index in [0.29, 0.717) is 17.1 Å². The first-order valence-corrected chi connectivity index (χ1v) is 7.45. The molecule has 1 amide bonds. The summed E-state index contributed by atoms with van der Waals surface area (Å²) >= 11 is 1.29. The molecule has 2 heterocycles. The fourth-order valence-electron chi connectivity index (χ4n) is 1.76. The van der Waals surface area contributed by atoms with Crippen molar-refractivity contribution in [2.45, 2.75) is 19.9 Å². The van der Waals surface area contributed by atoms with E-state index in [2.05, 4.69) is 27.4 Å². The fraction of sp³-hybridized carbons (Fsp3) is 0.385. The molecule has 2 rings (SSSR count). The Labute approximate surface area is 127 Å². The molecule has 0 radical (unpaired) electrons. The van der Waals surface area contributed by atoms with Crippen LogP contribution in [0.3, 0.4) is 0 Å². The lowest BCUT2D eigenvalue weighted by Crippen LogP contribution is -2.23. The first kappa shape index (κ1) is 15.2. The number of nitrogens with zero attached hydrogens (tertiary/aromatic N) is 4. The molecular formula is C13H18N6OS. The van der Waals surface area contributed by atoms with Crippen LogP contribution in [0.15, 0.2) is 18.3 Å². The molecule has 0 unspecified atom stereocenters. The summed E-state index contributed by atoms with van der Waals surface area (Å²) in [5.41, 5.74) is 6.52. The van der Waals surface area contributed by atoms with Crippen molar-refractivity contribution in [1.82, 2.24) is 20.5 Å². The number of carbonyl (C=O) groups is 1. The molecule has 3 N–H and O–H groups in total. The lowest BCUT2D eigenvalue weighted by Gasteiger charge is -2.13. The molecule has 2 aromatic heterocycles. The van der Waals surface area contributed by atoms with Crippen LogP contribution in [-0.2, 0) is 6.54 Å². The lowest BCUT2D eigenvalue weighted by molar-refractivity contribution is 0.0955. The molecule has 0 fully saturated rings. The molecule has 0 aliphatic heterocycles. The van der Waals surface area contributed by atoms with Gasteiger partial charge in [-0.05, 0) is 18.6 Å². The number of nitrogen functional groups attached to an aromatic ring is 1. The summed E-state index contributed by atoms with van der Waals surface area (Å²) in [6, 6.07) is 3.57. The van der Waals surface area contributed by atoms with Crippen LogP contribution >= 0.6 is 11.3 Å². The van der Waals surface area contributed by atoms with Gasteiger partial charge in [0.25, 0.3) is 5.91 Å². The zero-order chi connectivity index (χ0) is 15.2. The number of rotatable bonds is 6. The van der Waals surface area contributed by atoms with E-state index in [1.165, 1.54) is 11.3 Å². The maximum Gasteiger partial charge on any atom is 0.265 e. The SMILES string of the molecule is CCCN(C)c1nc(N)c(C(=O)NCc2cccnn2)s1. The molecule has 8 heteroatoms. The van der Waals surface area contributed by atoms with Gasteiger partial charge in [0.05, 0.1) is 12.2 Å². The van der Waals surface area contributed by atoms with E-state index < -0.39 is 0 Å². The molecular weight excluding hydrogens is 288 g/mol. The van der Waals surface area contributed by atoms with Crippen LogP contribution in [0.25, 0.3) is 0 Å². The zero-order valence-electron chi connectivity index (χ0n) is 12.0. The Morgan fingerprint density at radius 2 is 2.33 bits per heavy atom. The van der Waals surface area contributed by atoms with E-state index >= 15 is 0 Å². The zero-order valence-corrected chi connectivity index (χ0v) is 12.9. The molecule has 0 aliphatic rings. The Kier molecular flexibility index (Phi) is 5.04. The summed E-state index contributed by atoms with van der Waals surface area (Å²) in [7, 11) is 1.93. The maximum atomic E-state index is 12.1. The molecule has 0 saturated carbocycles. The fourth-order valence-corrected chi connectivity index (χ4v) is 2.64. The minimum absolute atomic E-state index is 0.244. The van der Waals surface area contributed by atoms with Gasteiger partial charge in [0, 0.05) is 19.8 Å². The molecule has 21 heavy (non-hydrogen) atoms. The molecule has 2 aromatic rings. The number of hydrogen-bond acceptors (Lipinski definition) is 7. The van der Waals surface area contributed by atoms with Crippen LogP contribution in [0.4, 0.5) is 10.9 Å². The highest BCUT2D eigenvalue weighted by molar-refractivity contribution is 7.18. The van der Waals surface area contributed by atoms with Gasteiger partial charge in [0.2, 0.25) is 0 Å². The molecule has 0 aliphatic carbocycles. The van der Waals surface area contributed by atoms with Gasteiger partial charge in [-0.3, -0.25) is 4.79 Å². The number of hydrogen-bond donors (Lipinski definition) is 2. The Balaban J connectivity index is 2.02. The number of nitrogens with one attached hydrogen (secondary N) is 1. The van der Waals surface area contributed by atoms with Crippen LogP contribution < -0.4 is 16.0 Å². The number of thiazole rings is 1. The number of carbonyl (C=O) groups excluding carboxylic acids is 1. The van der Waals surface area contributed by atoms with Gasteiger partial charge >= 0.3 is 0 Å². The summed E-state index contributed by atoms with van der Waals surface area (Å²) in [5, 5.41) is 11.2. The molecule has 112 valence electrons. The standard InChI is InChI=1S/C13H18N6OS/c1-3-7-19(2)13-17-11(14)10(21-13)12(20)15-8-9-5-4-6-16-18-9/h4-6H,3,7-8,14H2,1-2H3,(H,15,20).